The zero-order valence-corrected chi connectivity index (χ0v) is 16.9. The molecule has 1 aliphatic heterocycles. The van der Waals surface area contributed by atoms with Gasteiger partial charge >= 0.3 is 0 Å². The van der Waals surface area contributed by atoms with Crippen LogP contribution in [0.25, 0.3) is 0 Å². The first-order valence-electron chi connectivity index (χ1n) is 9.54. The summed E-state index contributed by atoms with van der Waals surface area (Å²) in [5.41, 5.74) is 1.57. The van der Waals surface area contributed by atoms with Gasteiger partial charge in [-0.2, -0.15) is 0 Å². The zero-order valence-electron chi connectivity index (χ0n) is 16.9. The highest BCUT2D eigenvalue weighted by molar-refractivity contribution is 5.73. The number of piperidine rings is 1. The predicted molar refractivity (Wildman–Crippen MR) is 110 cm³/mol. The number of aldehydes is 1. The Morgan fingerprint density at radius 2 is 1.70 bits per heavy atom. The van der Waals surface area contributed by atoms with Crippen LogP contribution >= 0.6 is 0 Å². The molecule has 1 aliphatic rings. The summed E-state index contributed by atoms with van der Waals surface area (Å²) in [5, 5.41) is 6.87. The Balaban J connectivity index is 0.000000541. The van der Waals surface area contributed by atoms with E-state index in [9.17, 15) is 4.79 Å². The molecule has 0 unspecified atom stereocenters. The summed E-state index contributed by atoms with van der Waals surface area (Å²) < 4.78 is 4.54. The van der Waals surface area contributed by atoms with Crippen LogP contribution in [0.15, 0.2) is 42.7 Å². The fourth-order valence-corrected chi connectivity index (χ4v) is 2.77. The summed E-state index contributed by atoms with van der Waals surface area (Å²) in [6.45, 7) is 8.68. The molecule has 0 atom stereocenters. The first kappa shape index (κ1) is 22.7. The van der Waals surface area contributed by atoms with Gasteiger partial charge in [0.25, 0.3) is 0 Å². The zero-order chi connectivity index (χ0) is 20.0. The number of hydrogen-bond acceptors (Lipinski definition) is 6. The van der Waals surface area contributed by atoms with E-state index in [0.29, 0.717) is 11.5 Å². The lowest BCUT2D eigenvalue weighted by Gasteiger charge is -2.39. The highest BCUT2D eigenvalue weighted by Gasteiger charge is 2.34. The van der Waals surface area contributed by atoms with Gasteiger partial charge in [0.1, 0.15) is 0 Å². The van der Waals surface area contributed by atoms with E-state index in [0.717, 1.165) is 38.8 Å². The van der Waals surface area contributed by atoms with Crippen molar-refractivity contribution in [3.05, 3.63) is 53.9 Å². The molecule has 1 saturated heterocycles. The van der Waals surface area contributed by atoms with Crippen molar-refractivity contribution in [3.8, 4) is 0 Å². The molecule has 2 N–H and O–H groups in total. The minimum absolute atomic E-state index is 0.158. The van der Waals surface area contributed by atoms with Crippen molar-refractivity contribution in [2.75, 3.05) is 32.1 Å². The van der Waals surface area contributed by atoms with Crippen molar-refractivity contribution < 1.29 is 9.53 Å². The first-order chi connectivity index (χ1) is 13.2. The first-order valence-corrected chi connectivity index (χ1v) is 9.54. The maximum Gasteiger partial charge on any atom is 0.223 e. The number of rotatable bonds is 5. The monoisotopic (exact) mass is 372 g/mol. The molecule has 1 aromatic carbocycles. The lowest BCUT2D eigenvalue weighted by atomic mass is 9.81. The topological polar surface area (TPSA) is 76.1 Å². The van der Waals surface area contributed by atoms with Gasteiger partial charge < -0.3 is 15.4 Å². The molecule has 0 spiro atoms. The number of ether oxygens (including phenoxy) is 1. The molecule has 1 aromatic heterocycles. The van der Waals surface area contributed by atoms with Crippen molar-refractivity contribution in [3.63, 3.8) is 0 Å². The number of anilines is 1. The average Bonchev–Trinajstić information content (AvgIpc) is 2.77. The Kier molecular flexibility index (Phi) is 10.9. The molecule has 3 rings (SSSR count). The summed E-state index contributed by atoms with van der Waals surface area (Å²) in [6, 6.07) is 10.4. The summed E-state index contributed by atoms with van der Waals surface area (Å²) in [7, 11) is 1.68. The second-order valence-electron chi connectivity index (χ2n) is 5.86. The van der Waals surface area contributed by atoms with Crippen molar-refractivity contribution >= 4 is 12.2 Å². The number of benzene rings is 1. The SMILES string of the molecule is CC.CCOC.O=Cc1cnc(NC2(c3ccccc3)CCNCC2)nc1. The van der Waals surface area contributed by atoms with E-state index >= 15 is 0 Å². The summed E-state index contributed by atoms with van der Waals surface area (Å²) in [4.78, 5) is 19.2. The van der Waals surface area contributed by atoms with Crippen molar-refractivity contribution in [2.45, 2.75) is 39.2 Å². The summed E-state index contributed by atoms with van der Waals surface area (Å²) in [5.74, 6) is 0.561. The van der Waals surface area contributed by atoms with E-state index in [1.165, 1.54) is 5.56 Å². The summed E-state index contributed by atoms with van der Waals surface area (Å²) in [6.07, 6.45) is 5.77. The van der Waals surface area contributed by atoms with Crippen LogP contribution in [0, 0.1) is 0 Å². The second-order valence-corrected chi connectivity index (χ2v) is 5.86. The van der Waals surface area contributed by atoms with Crippen LogP contribution in [0.1, 0.15) is 49.5 Å². The van der Waals surface area contributed by atoms with Gasteiger partial charge in [-0.1, -0.05) is 44.2 Å². The van der Waals surface area contributed by atoms with Crippen molar-refractivity contribution in [2.24, 2.45) is 0 Å². The maximum absolute atomic E-state index is 10.7. The largest absolute Gasteiger partial charge is 0.385 e. The molecule has 0 amide bonds. The molecule has 0 bridgehead atoms. The molecule has 6 heteroatoms. The van der Waals surface area contributed by atoms with E-state index < -0.39 is 0 Å². The predicted octanol–water partition coefficient (Wildman–Crippen LogP) is 3.66. The minimum Gasteiger partial charge on any atom is -0.385 e. The molecule has 148 valence electrons. The van der Waals surface area contributed by atoms with Gasteiger partial charge in [-0.05, 0) is 38.4 Å². The van der Waals surface area contributed by atoms with Gasteiger partial charge in [0.2, 0.25) is 5.95 Å². The van der Waals surface area contributed by atoms with Gasteiger partial charge in [0.15, 0.2) is 6.29 Å². The van der Waals surface area contributed by atoms with E-state index in [1.807, 2.05) is 26.8 Å². The number of hydrogen-bond donors (Lipinski definition) is 2. The lowest BCUT2D eigenvalue weighted by molar-refractivity contribution is 0.112. The van der Waals surface area contributed by atoms with Crippen molar-refractivity contribution in [1.82, 2.24) is 15.3 Å². The molecule has 2 heterocycles. The Morgan fingerprint density at radius 3 is 2.19 bits per heavy atom. The van der Waals surface area contributed by atoms with Crippen molar-refractivity contribution in [1.29, 1.82) is 0 Å². The third-order valence-electron chi connectivity index (χ3n) is 4.23. The number of nitrogens with zero attached hydrogens (tertiary/aromatic N) is 2. The molecule has 27 heavy (non-hydrogen) atoms. The third kappa shape index (κ3) is 7.07. The van der Waals surface area contributed by atoms with E-state index in [4.69, 9.17) is 0 Å². The Hall–Kier alpha value is -2.31. The standard InChI is InChI=1S/C16H18N4O.C3H8O.C2H6/c21-12-13-10-18-15(19-11-13)20-16(6-8-17-9-7-16)14-4-2-1-3-5-14;1-3-4-2;1-2/h1-5,10-12,17H,6-9H2,(H,18,19,20);3H2,1-2H3;1-2H3. The molecular weight excluding hydrogens is 340 g/mol. The third-order valence-corrected chi connectivity index (χ3v) is 4.23. The van der Waals surface area contributed by atoms with Crippen LogP contribution in [0.2, 0.25) is 0 Å². The molecule has 6 nitrogen and oxygen atoms in total. The fourth-order valence-electron chi connectivity index (χ4n) is 2.77. The quantitative estimate of drug-likeness (QED) is 0.780. The van der Waals surface area contributed by atoms with Crippen LogP contribution < -0.4 is 10.6 Å². The highest BCUT2D eigenvalue weighted by Crippen LogP contribution is 2.33. The van der Waals surface area contributed by atoms with E-state index in [1.54, 1.807) is 19.5 Å². The molecule has 0 saturated carbocycles. The Morgan fingerprint density at radius 1 is 1.15 bits per heavy atom. The van der Waals surface area contributed by atoms with Crippen LogP contribution in [-0.4, -0.2) is 43.1 Å². The molecule has 2 aromatic rings. The average molecular weight is 373 g/mol. The number of methoxy groups -OCH3 is 1. The van der Waals surface area contributed by atoms with E-state index in [-0.39, 0.29) is 5.54 Å². The van der Waals surface area contributed by atoms with Gasteiger partial charge in [0.05, 0.1) is 11.1 Å². The van der Waals surface area contributed by atoms with Crippen LogP contribution in [-0.2, 0) is 10.3 Å². The fraction of sp³-hybridized carbons (Fsp3) is 0.476. The molecular formula is C21H32N4O2. The van der Waals surface area contributed by atoms with Gasteiger partial charge in [-0.15, -0.1) is 0 Å². The van der Waals surface area contributed by atoms with E-state index in [2.05, 4.69) is 49.6 Å². The molecule has 0 radical (unpaired) electrons. The number of nitrogens with one attached hydrogen (secondary N) is 2. The van der Waals surface area contributed by atoms with Gasteiger partial charge in [-0.25, -0.2) is 9.97 Å². The maximum atomic E-state index is 10.7. The number of carbonyl (C=O) groups is 1. The molecule has 0 aliphatic carbocycles. The van der Waals surface area contributed by atoms with Crippen LogP contribution in [0.3, 0.4) is 0 Å². The van der Waals surface area contributed by atoms with Gasteiger partial charge in [-0.3, -0.25) is 4.79 Å². The van der Waals surface area contributed by atoms with Crippen LogP contribution in [0.5, 0.6) is 0 Å². The normalized spacial score (nSPS) is 14.7. The minimum atomic E-state index is -0.158. The molecule has 1 fully saturated rings. The number of aromatic nitrogens is 2. The summed E-state index contributed by atoms with van der Waals surface area (Å²) >= 11 is 0. The van der Waals surface area contributed by atoms with Crippen LogP contribution in [0.4, 0.5) is 5.95 Å². The lowest BCUT2D eigenvalue weighted by Crippen LogP contribution is -2.45. The Labute approximate surface area is 162 Å². The number of carbonyl (C=O) groups excluding carboxylic acids is 1. The second kappa shape index (κ2) is 12.9. The smallest absolute Gasteiger partial charge is 0.223 e. The Bertz CT molecular complexity index is 624. The highest BCUT2D eigenvalue weighted by atomic mass is 16.5. The van der Waals surface area contributed by atoms with Gasteiger partial charge in [0, 0.05) is 26.1 Å².